The van der Waals surface area contributed by atoms with Gasteiger partial charge in [0, 0.05) is 12.2 Å². The Morgan fingerprint density at radius 2 is 1.95 bits per heavy atom. The Bertz CT molecular complexity index is 607. The molecule has 0 amide bonds. The van der Waals surface area contributed by atoms with Crippen molar-refractivity contribution >= 4 is 5.69 Å². The van der Waals surface area contributed by atoms with Gasteiger partial charge in [0.25, 0.3) is 0 Å². The van der Waals surface area contributed by atoms with Gasteiger partial charge in [0.2, 0.25) is 0 Å². The van der Waals surface area contributed by atoms with E-state index in [1.54, 1.807) is 0 Å². The molecule has 0 saturated carbocycles. The van der Waals surface area contributed by atoms with E-state index < -0.39 is 11.8 Å². The fourth-order valence-electron chi connectivity index (χ4n) is 2.20. The van der Waals surface area contributed by atoms with Crippen LogP contribution in [0.25, 0.3) is 0 Å². The van der Waals surface area contributed by atoms with Gasteiger partial charge < -0.3 is 10.4 Å². The van der Waals surface area contributed by atoms with Gasteiger partial charge in [-0.2, -0.15) is 5.10 Å². The van der Waals surface area contributed by atoms with E-state index >= 15 is 0 Å². The number of aliphatic hydroxyl groups is 1. The first kappa shape index (κ1) is 13.4. The Hall–Kier alpha value is -2.08. The normalized spacial score (nSPS) is 12.4. The second-order valence-electron chi connectivity index (χ2n) is 4.73. The van der Waals surface area contributed by atoms with Crippen LogP contribution in [0, 0.1) is 20.8 Å². The monoisotopic (exact) mass is 262 g/mol. The smallest absolute Gasteiger partial charge is 0.340 e. The second-order valence-corrected chi connectivity index (χ2v) is 4.73. The Morgan fingerprint density at radius 1 is 1.32 bits per heavy atom. The van der Waals surface area contributed by atoms with Crippen LogP contribution in [0.15, 0.2) is 16.9 Å². The highest BCUT2D eigenvalue weighted by Gasteiger charge is 2.12. The summed E-state index contributed by atoms with van der Waals surface area (Å²) >= 11 is 0. The molecule has 0 spiro atoms. The average molecular weight is 262 g/mol. The molecule has 0 aliphatic carbocycles. The lowest BCUT2D eigenvalue weighted by Crippen LogP contribution is -2.15. The van der Waals surface area contributed by atoms with E-state index in [0.717, 1.165) is 16.8 Å². The van der Waals surface area contributed by atoms with Crippen molar-refractivity contribution in [3.63, 3.8) is 0 Å². The van der Waals surface area contributed by atoms with E-state index in [-0.39, 0.29) is 12.4 Å². The Balaban J connectivity index is 2.09. The highest BCUT2D eigenvalue weighted by atomic mass is 16.3. The predicted molar refractivity (Wildman–Crippen MR) is 73.3 cm³/mol. The number of hydrogen-bond acceptors (Lipinski definition) is 4. The van der Waals surface area contributed by atoms with Gasteiger partial charge in [-0.25, -0.2) is 9.89 Å². The standard InChI is InChI=1S/C13H18N4O2/c1-7-4-8(2)11(9(3)5-7)14-6-10(18)12-15-13(19)17-16-12/h4-5,10,14,18H,6H2,1-3H3,(H2,15,16,17,19). The number of anilines is 1. The number of nitrogens with one attached hydrogen (secondary N) is 3. The summed E-state index contributed by atoms with van der Waals surface area (Å²) in [7, 11) is 0. The van der Waals surface area contributed by atoms with Gasteiger partial charge >= 0.3 is 5.69 Å². The van der Waals surface area contributed by atoms with Crippen LogP contribution >= 0.6 is 0 Å². The predicted octanol–water partition coefficient (Wildman–Crippen LogP) is 1.17. The largest absolute Gasteiger partial charge is 0.383 e. The number of rotatable bonds is 4. The molecule has 19 heavy (non-hydrogen) atoms. The molecule has 0 radical (unpaired) electrons. The van der Waals surface area contributed by atoms with E-state index in [9.17, 15) is 9.90 Å². The van der Waals surface area contributed by atoms with Gasteiger partial charge in [0.15, 0.2) is 5.82 Å². The molecule has 1 unspecified atom stereocenters. The van der Waals surface area contributed by atoms with E-state index in [1.165, 1.54) is 5.56 Å². The summed E-state index contributed by atoms with van der Waals surface area (Å²) < 4.78 is 0. The minimum Gasteiger partial charge on any atom is -0.383 e. The van der Waals surface area contributed by atoms with Crippen LogP contribution in [0.2, 0.25) is 0 Å². The van der Waals surface area contributed by atoms with Crippen LogP contribution in [0.4, 0.5) is 5.69 Å². The summed E-state index contributed by atoms with van der Waals surface area (Å²) in [6, 6.07) is 4.16. The van der Waals surface area contributed by atoms with Gasteiger partial charge in [0.1, 0.15) is 6.10 Å². The lowest BCUT2D eigenvalue weighted by molar-refractivity contribution is 0.182. The van der Waals surface area contributed by atoms with Crippen LogP contribution in [0.3, 0.4) is 0 Å². The molecular weight excluding hydrogens is 244 g/mol. The van der Waals surface area contributed by atoms with Crippen molar-refractivity contribution in [2.45, 2.75) is 26.9 Å². The van der Waals surface area contributed by atoms with Crippen molar-refractivity contribution in [1.29, 1.82) is 0 Å². The van der Waals surface area contributed by atoms with Crippen LogP contribution < -0.4 is 11.0 Å². The molecule has 6 heteroatoms. The van der Waals surface area contributed by atoms with E-state index in [0.29, 0.717) is 0 Å². The molecule has 102 valence electrons. The zero-order valence-electron chi connectivity index (χ0n) is 11.2. The van der Waals surface area contributed by atoms with Crippen molar-refractivity contribution in [2.24, 2.45) is 0 Å². The average Bonchev–Trinajstić information content (AvgIpc) is 2.74. The summed E-state index contributed by atoms with van der Waals surface area (Å²) in [6.07, 6.45) is -0.862. The van der Waals surface area contributed by atoms with Crippen LogP contribution in [0.1, 0.15) is 28.6 Å². The zero-order chi connectivity index (χ0) is 14.0. The lowest BCUT2D eigenvalue weighted by atomic mass is 10.0. The molecule has 2 aromatic rings. The number of hydrogen-bond donors (Lipinski definition) is 4. The summed E-state index contributed by atoms with van der Waals surface area (Å²) in [4.78, 5) is 13.3. The lowest BCUT2D eigenvalue weighted by Gasteiger charge is -2.15. The first-order valence-corrected chi connectivity index (χ1v) is 6.11. The second kappa shape index (κ2) is 5.27. The maximum atomic E-state index is 10.9. The van der Waals surface area contributed by atoms with E-state index in [4.69, 9.17) is 0 Å². The number of nitrogens with zero attached hydrogens (tertiary/aromatic N) is 1. The molecule has 0 bridgehead atoms. The molecule has 1 aromatic heterocycles. The first-order valence-electron chi connectivity index (χ1n) is 6.11. The number of aryl methyl sites for hydroxylation is 3. The maximum Gasteiger partial charge on any atom is 0.340 e. The molecule has 1 atom stereocenters. The minimum atomic E-state index is -0.862. The number of aromatic nitrogens is 3. The molecule has 4 N–H and O–H groups in total. The van der Waals surface area contributed by atoms with Crippen molar-refractivity contribution < 1.29 is 5.11 Å². The molecule has 1 aromatic carbocycles. The van der Waals surface area contributed by atoms with Gasteiger partial charge in [-0.1, -0.05) is 17.7 Å². The molecular formula is C13H18N4O2. The summed E-state index contributed by atoms with van der Waals surface area (Å²) in [5.74, 6) is 0.236. The third kappa shape index (κ3) is 3.03. The van der Waals surface area contributed by atoms with Crippen LogP contribution in [-0.4, -0.2) is 26.8 Å². The molecule has 1 heterocycles. The quantitative estimate of drug-likeness (QED) is 0.665. The topological polar surface area (TPSA) is 93.8 Å². The summed E-state index contributed by atoms with van der Waals surface area (Å²) in [5, 5.41) is 19.0. The van der Waals surface area contributed by atoms with Crippen molar-refractivity contribution in [1.82, 2.24) is 15.2 Å². The molecule has 0 aliphatic heterocycles. The molecule has 2 rings (SSSR count). The van der Waals surface area contributed by atoms with Crippen molar-refractivity contribution in [3.8, 4) is 0 Å². The highest BCUT2D eigenvalue weighted by molar-refractivity contribution is 5.58. The van der Waals surface area contributed by atoms with Gasteiger partial charge in [0.05, 0.1) is 0 Å². The van der Waals surface area contributed by atoms with Gasteiger partial charge in [-0.05, 0) is 31.9 Å². The summed E-state index contributed by atoms with van der Waals surface area (Å²) in [6.45, 7) is 6.37. The van der Waals surface area contributed by atoms with Crippen molar-refractivity contribution in [3.05, 3.63) is 45.1 Å². The van der Waals surface area contributed by atoms with E-state index in [1.807, 2.05) is 20.8 Å². The highest BCUT2D eigenvalue weighted by Crippen LogP contribution is 2.22. The Kier molecular flexibility index (Phi) is 3.71. The zero-order valence-corrected chi connectivity index (χ0v) is 11.2. The Labute approximate surface area is 110 Å². The molecule has 6 nitrogen and oxygen atoms in total. The molecule has 0 saturated heterocycles. The van der Waals surface area contributed by atoms with E-state index in [2.05, 4.69) is 32.6 Å². The number of aliphatic hydroxyl groups excluding tert-OH is 1. The first-order chi connectivity index (χ1) is 8.97. The number of benzene rings is 1. The van der Waals surface area contributed by atoms with Crippen LogP contribution in [0.5, 0.6) is 0 Å². The minimum absolute atomic E-state index is 0.236. The molecule has 0 aliphatic rings. The maximum absolute atomic E-state index is 10.9. The van der Waals surface area contributed by atoms with Gasteiger partial charge in [-0.15, -0.1) is 0 Å². The number of aromatic amines is 2. The fourth-order valence-corrected chi connectivity index (χ4v) is 2.20. The van der Waals surface area contributed by atoms with Crippen LogP contribution in [-0.2, 0) is 0 Å². The SMILES string of the molecule is Cc1cc(C)c(NCC(O)c2n[nH]c(=O)[nH]2)c(C)c1. The van der Waals surface area contributed by atoms with Crippen molar-refractivity contribution in [2.75, 3.05) is 11.9 Å². The third-order valence-corrected chi connectivity index (χ3v) is 2.98. The molecule has 0 fully saturated rings. The summed E-state index contributed by atoms with van der Waals surface area (Å²) in [5.41, 5.74) is 4.04. The number of H-pyrrole nitrogens is 2. The fraction of sp³-hybridized carbons (Fsp3) is 0.385. The Morgan fingerprint density at radius 3 is 2.47 bits per heavy atom. The third-order valence-electron chi connectivity index (χ3n) is 2.98. The van der Waals surface area contributed by atoms with Gasteiger partial charge in [-0.3, -0.25) is 4.98 Å².